The van der Waals surface area contributed by atoms with Crippen LogP contribution in [0, 0.1) is 0 Å². The summed E-state index contributed by atoms with van der Waals surface area (Å²) in [6.07, 6.45) is -0.800. The van der Waals surface area contributed by atoms with Gasteiger partial charge in [-0.3, -0.25) is 14.4 Å². The summed E-state index contributed by atoms with van der Waals surface area (Å²) in [5.74, 6) is -1.54. The second-order valence-electron chi connectivity index (χ2n) is 8.92. The highest BCUT2D eigenvalue weighted by molar-refractivity contribution is 6.35. The maximum absolute atomic E-state index is 13.8. The minimum absolute atomic E-state index is 0.182. The maximum Gasteiger partial charge on any atom is 0.255 e. The minimum atomic E-state index is -0.846. The molecule has 5 rings (SSSR count). The number of nitrogens with zero attached hydrogens (tertiary/aromatic N) is 1. The number of hydrogen-bond donors (Lipinski definition) is 3. The lowest BCUT2D eigenvalue weighted by Crippen LogP contribution is -2.54. The second kappa shape index (κ2) is 10.6. The summed E-state index contributed by atoms with van der Waals surface area (Å²) in [6, 6.07) is 20.1. The first-order valence-corrected chi connectivity index (χ1v) is 12.4. The molecule has 2 aliphatic heterocycles. The van der Waals surface area contributed by atoms with Crippen LogP contribution in [-0.4, -0.2) is 47.1 Å². The number of hydrogen-bond acceptors (Lipinski definition) is 5. The molecule has 2 heterocycles. The maximum atomic E-state index is 13.8. The van der Waals surface area contributed by atoms with Crippen LogP contribution in [0.25, 0.3) is 0 Å². The fourth-order valence-electron chi connectivity index (χ4n) is 5.03. The fraction of sp³-hybridized carbons (Fsp3) is 0.259. The molecule has 2 aliphatic rings. The number of carbonyl (C=O) groups excluding carboxylic acids is 2. The van der Waals surface area contributed by atoms with Gasteiger partial charge < -0.3 is 15.3 Å². The number of hydroxylamine groups is 1. The fourth-order valence-corrected chi connectivity index (χ4v) is 5.55. The molecule has 2 amide bonds. The molecule has 3 aromatic rings. The van der Waals surface area contributed by atoms with Crippen LogP contribution in [0.3, 0.4) is 0 Å². The lowest BCUT2D eigenvalue weighted by Gasteiger charge is -2.45. The van der Waals surface area contributed by atoms with E-state index >= 15 is 0 Å². The van der Waals surface area contributed by atoms with Gasteiger partial charge in [-0.2, -0.15) is 0 Å². The van der Waals surface area contributed by atoms with Crippen LogP contribution >= 0.6 is 23.2 Å². The van der Waals surface area contributed by atoms with E-state index in [1.54, 1.807) is 47.4 Å². The number of fused-ring (bicyclic) bond motifs is 1. The molecule has 9 heteroatoms. The van der Waals surface area contributed by atoms with Gasteiger partial charge in [0.15, 0.2) is 0 Å². The van der Waals surface area contributed by atoms with Crippen molar-refractivity contribution in [3.05, 3.63) is 105 Å². The number of β-amino-alcohol motifs (C(OH)–C–C–N with tert-alkyl or cyclic N) is 1. The van der Waals surface area contributed by atoms with E-state index in [1.165, 1.54) is 0 Å². The van der Waals surface area contributed by atoms with Gasteiger partial charge in [-0.05, 0) is 34.9 Å². The highest BCUT2D eigenvalue weighted by Gasteiger charge is 2.49. The molecule has 186 valence electrons. The smallest absolute Gasteiger partial charge is 0.255 e. The number of aliphatic hydroxyl groups excluding tert-OH is 1. The molecule has 0 spiro atoms. The average Bonchev–Trinajstić information content (AvgIpc) is 3.30. The number of amides is 2. The Morgan fingerprint density at radius 2 is 1.78 bits per heavy atom. The highest BCUT2D eigenvalue weighted by atomic mass is 35.5. The molecule has 3 aromatic carbocycles. The average molecular weight is 526 g/mol. The molecular weight excluding hydrogens is 501 g/mol. The SMILES string of the molecule is O=C(NOCc1ccccc1)C1c2ccccc2C(=O)N(C2CNCC2O)C1c1ccc(Cl)cc1Cl. The molecule has 0 radical (unpaired) electrons. The van der Waals surface area contributed by atoms with Crippen LogP contribution in [-0.2, 0) is 16.2 Å². The third-order valence-corrected chi connectivity index (χ3v) is 7.27. The first-order valence-electron chi connectivity index (χ1n) is 11.7. The predicted octanol–water partition coefficient (Wildman–Crippen LogP) is 3.85. The first kappa shape index (κ1) is 24.7. The van der Waals surface area contributed by atoms with E-state index in [1.807, 2.05) is 30.3 Å². The summed E-state index contributed by atoms with van der Waals surface area (Å²) in [5.41, 5.74) is 5.02. The van der Waals surface area contributed by atoms with Gasteiger partial charge in [0.25, 0.3) is 11.8 Å². The first-order chi connectivity index (χ1) is 17.5. The minimum Gasteiger partial charge on any atom is -0.390 e. The number of benzene rings is 3. The van der Waals surface area contributed by atoms with Crippen molar-refractivity contribution in [3.63, 3.8) is 0 Å². The van der Waals surface area contributed by atoms with Crippen molar-refractivity contribution >= 4 is 35.0 Å². The predicted molar refractivity (Wildman–Crippen MR) is 137 cm³/mol. The summed E-state index contributed by atoms with van der Waals surface area (Å²) < 4.78 is 0. The zero-order valence-electron chi connectivity index (χ0n) is 19.2. The number of halogens is 2. The third-order valence-electron chi connectivity index (χ3n) is 6.70. The Morgan fingerprint density at radius 1 is 1.03 bits per heavy atom. The van der Waals surface area contributed by atoms with Crippen molar-refractivity contribution < 1.29 is 19.5 Å². The van der Waals surface area contributed by atoms with Gasteiger partial charge in [0.2, 0.25) is 0 Å². The monoisotopic (exact) mass is 525 g/mol. The quantitative estimate of drug-likeness (QED) is 0.425. The molecule has 0 bridgehead atoms. The Kier molecular flexibility index (Phi) is 7.27. The second-order valence-corrected chi connectivity index (χ2v) is 9.77. The van der Waals surface area contributed by atoms with E-state index < -0.39 is 30.0 Å². The van der Waals surface area contributed by atoms with E-state index in [-0.39, 0.29) is 12.5 Å². The summed E-state index contributed by atoms with van der Waals surface area (Å²) in [4.78, 5) is 34.7. The highest BCUT2D eigenvalue weighted by Crippen LogP contribution is 2.46. The largest absolute Gasteiger partial charge is 0.390 e. The molecule has 36 heavy (non-hydrogen) atoms. The van der Waals surface area contributed by atoms with Crippen LogP contribution < -0.4 is 10.8 Å². The van der Waals surface area contributed by atoms with Crippen molar-refractivity contribution in [2.24, 2.45) is 0 Å². The molecule has 0 saturated carbocycles. The standard InChI is InChI=1S/C27H25Cl2N3O4/c28-17-10-11-20(21(29)12-17)25-24(26(34)31-36-15-16-6-2-1-3-7-16)18-8-4-5-9-19(18)27(35)32(25)22-13-30-14-23(22)33/h1-12,22-25,30,33H,13-15H2,(H,31,34). The molecule has 3 N–H and O–H groups in total. The molecule has 7 nitrogen and oxygen atoms in total. The van der Waals surface area contributed by atoms with Crippen LogP contribution in [0.1, 0.15) is 39.0 Å². The Hall–Kier alpha value is -2.94. The molecule has 1 fully saturated rings. The zero-order valence-corrected chi connectivity index (χ0v) is 20.7. The van der Waals surface area contributed by atoms with Crippen molar-refractivity contribution in [2.45, 2.75) is 30.7 Å². The Balaban J connectivity index is 1.57. The van der Waals surface area contributed by atoms with Gasteiger partial charge in [-0.25, -0.2) is 5.48 Å². The van der Waals surface area contributed by atoms with Crippen molar-refractivity contribution in [3.8, 4) is 0 Å². The Labute approximate surface area is 218 Å². The summed E-state index contributed by atoms with van der Waals surface area (Å²) in [5, 5.41) is 14.6. The Bertz CT molecular complexity index is 1270. The number of carbonyl (C=O) groups is 2. The van der Waals surface area contributed by atoms with E-state index in [0.717, 1.165) is 5.56 Å². The summed E-state index contributed by atoms with van der Waals surface area (Å²) in [6.45, 7) is 0.908. The number of aliphatic hydroxyl groups is 1. The summed E-state index contributed by atoms with van der Waals surface area (Å²) in [7, 11) is 0. The van der Waals surface area contributed by atoms with Gasteiger partial charge in [-0.1, -0.05) is 77.8 Å². The molecule has 4 atom stereocenters. The van der Waals surface area contributed by atoms with Crippen molar-refractivity contribution in [1.29, 1.82) is 0 Å². The van der Waals surface area contributed by atoms with Crippen LogP contribution in [0.5, 0.6) is 0 Å². The Morgan fingerprint density at radius 3 is 2.50 bits per heavy atom. The van der Waals surface area contributed by atoms with Crippen LogP contribution in [0.15, 0.2) is 72.8 Å². The van der Waals surface area contributed by atoms with Crippen LogP contribution in [0.4, 0.5) is 0 Å². The molecule has 4 unspecified atom stereocenters. The number of rotatable bonds is 6. The topological polar surface area (TPSA) is 90.9 Å². The molecule has 0 aliphatic carbocycles. The summed E-state index contributed by atoms with van der Waals surface area (Å²) >= 11 is 12.8. The lowest BCUT2D eigenvalue weighted by atomic mass is 9.78. The van der Waals surface area contributed by atoms with Crippen molar-refractivity contribution in [2.75, 3.05) is 13.1 Å². The van der Waals surface area contributed by atoms with Gasteiger partial charge in [0.1, 0.15) is 0 Å². The normalized spacial score (nSPS) is 23.4. The zero-order chi connectivity index (χ0) is 25.2. The molecule has 1 saturated heterocycles. The van der Waals surface area contributed by atoms with Crippen LogP contribution in [0.2, 0.25) is 10.0 Å². The third kappa shape index (κ3) is 4.73. The number of nitrogens with one attached hydrogen (secondary N) is 2. The van der Waals surface area contributed by atoms with E-state index in [9.17, 15) is 14.7 Å². The lowest BCUT2D eigenvalue weighted by molar-refractivity contribution is -0.138. The van der Waals surface area contributed by atoms with E-state index in [2.05, 4.69) is 10.8 Å². The van der Waals surface area contributed by atoms with E-state index in [0.29, 0.717) is 39.8 Å². The van der Waals surface area contributed by atoms with Gasteiger partial charge in [0, 0.05) is 28.7 Å². The van der Waals surface area contributed by atoms with Gasteiger partial charge in [0.05, 0.1) is 30.7 Å². The van der Waals surface area contributed by atoms with Gasteiger partial charge >= 0.3 is 0 Å². The van der Waals surface area contributed by atoms with E-state index in [4.69, 9.17) is 28.0 Å². The molecular formula is C27H25Cl2N3O4. The van der Waals surface area contributed by atoms with Crippen molar-refractivity contribution in [1.82, 2.24) is 15.7 Å². The van der Waals surface area contributed by atoms with Gasteiger partial charge in [-0.15, -0.1) is 0 Å². The molecule has 0 aromatic heterocycles.